The molecular formula is C26H37N3O4. The van der Waals surface area contributed by atoms with Crippen LogP contribution in [-0.4, -0.2) is 53.7 Å². The number of nitrogens with zero attached hydrogens (tertiary/aromatic N) is 1. The van der Waals surface area contributed by atoms with E-state index in [-0.39, 0.29) is 24.2 Å². The first-order valence-electron chi connectivity index (χ1n) is 12.0. The number of nitrogens with two attached hydrogens (primary N) is 1. The third-order valence-electron chi connectivity index (χ3n) is 7.17. The summed E-state index contributed by atoms with van der Waals surface area (Å²) in [6.45, 7) is 2.09. The first kappa shape index (κ1) is 25.1. The summed E-state index contributed by atoms with van der Waals surface area (Å²) in [5, 5.41) is 12.6. The fraction of sp³-hybridized carbons (Fsp3) is 0.615. The molecule has 5 atom stereocenters. The van der Waals surface area contributed by atoms with Crippen molar-refractivity contribution < 1.29 is 19.4 Å². The van der Waals surface area contributed by atoms with Crippen molar-refractivity contribution in [3.05, 3.63) is 29.8 Å². The first-order valence-corrected chi connectivity index (χ1v) is 12.0. The highest BCUT2D eigenvalue weighted by molar-refractivity contribution is 5.89. The zero-order chi connectivity index (χ0) is 24.0. The number of hydrogen-bond donors (Lipinski definition) is 3. The van der Waals surface area contributed by atoms with E-state index in [0.717, 1.165) is 18.4 Å². The van der Waals surface area contributed by atoms with Gasteiger partial charge >= 0.3 is 0 Å². The first-order chi connectivity index (χ1) is 15.8. The summed E-state index contributed by atoms with van der Waals surface area (Å²) in [4.78, 5) is 28.2. The molecule has 33 heavy (non-hydrogen) atoms. The molecule has 7 nitrogen and oxygen atoms in total. The zero-order valence-electron chi connectivity index (χ0n) is 19.7. The number of ether oxygens (including phenoxy) is 1. The molecule has 1 saturated carbocycles. The summed E-state index contributed by atoms with van der Waals surface area (Å²) < 4.78 is 5.40. The summed E-state index contributed by atoms with van der Waals surface area (Å²) >= 11 is 0. The minimum Gasteiger partial charge on any atom is -0.496 e. The number of aliphatic hydroxyl groups is 1. The molecule has 4 N–H and O–H groups in total. The van der Waals surface area contributed by atoms with Crippen LogP contribution in [0.1, 0.15) is 63.5 Å². The topological polar surface area (TPSA) is 105 Å². The zero-order valence-corrected chi connectivity index (χ0v) is 19.7. The Kier molecular flexibility index (Phi) is 8.76. The lowest BCUT2D eigenvalue weighted by molar-refractivity contribution is -0.139. The molecule has 1 aromatic carbocycles. The van der Waals surface area contributed by atoms with Crippen molar-refractivity contribution >= 4 is 11.8 Å². The van der Waals surface area contributed by atoms with Crippen LogP contribution in [0, 0.1) is 24.2 Å². The van der Waals surface area contributed by atoms with Crippen molar-refractivity contribution in [1.82, 2.24) is 10.2 Å². The van der Waals surface area contributed by atoms with Gasteiger partial charge in [0.15, 0.2) is 0 Å². The summed E-state index contributed by atoms with van der Waals surface area (Å²) in [5.74, 6) is 3.41. The summed E-state index contributed by atoms with van der Waals surface area (Å²) in [6.07, 6.45) is 11.2. The van der Waals surface area contributed by atoms with Crippen LogP contribution in [0.4, 0.5) is 0 Å². The van der Waals surface area contributed by atoms with Crippen molar-refractivity contribution in [2.45, 2.75) is 76.1 Å². The van der Waals surface area contributed by atoms with E-state index in [2.05, 4.69) is 11.2 Å². The largest absolute Gasteiger partial charge is 0.496 e. The Morgan fingerprint density at radius 2 is 1.97 bits per heavy atom. The number of rotatable bonds is 8. The lowest BCUT2D eigenvalue weighted by Crippen LogP contribution is -2.51. The molecule has 0 aromatic heterocycles. The number of terminal acetylenes is 1. The quantitative estimate of drug-likeness (QED) is 0.522. The average Bonchev–Trinajstić information content (AvgIpc) is 3.28. The number of hydrogen-bond acceptors (Lipinski definition) is 5. The fourth-order valence-electron chi connectivity index (χ4n) is 5.28. The standard InChI is InChI=1S/C26H37N3O4/c1-4-22(17(2)30)28-26(32)23-14-19(18-10-6-5-7-11-18)16-29(23)25(31)15-21(27)20-12-8-9-13-24(20)33-3/h1,8-9,12-13,17-19,21-23,30H,5-7,10-11,14-16,27H2,2-3H3,(H,28,32)/t17?,19?,21-,22+,23-/m0/s1. The average molecular weight is 456 g/mol. The van der Waals surface area contributed by atoms with Crippen molar-refractivity contribution in [2.24, 2.45) is 17.6 Å². The maximum absolute atomic E-state index is 13.4. The van der Waals surface area contributed by atoms with Crippen LogP contribution in [0.25, 0.3) is 0 Å². The maximum atomic E-state index is 13.4. The van der Waals surface area contributed by atoms with Gasteiger partial charge in [-0.1, -0.05) is 56.2 Å². The Labute approximate surface area is 197 Å². The fourth-order valence-corrected chi connectivity index (χ4v) is 5.28. The smallest absolute Gasteiger partial charge is 0.243 e. The lowest BCUT2D eigenvalue weighted by atomic mass is 9.79. The molecule has 1 aliphatic heterocycles. The number of para-hydroxylation sites is 1. The van der Waals surface area contributed by atoms with Crippen molar-refractivity contribution in [3.8, 4) is 18.1 Å². The van der Waals surface area contributed by atoms with E-state index in [0.29, 0.717) is 24.6 Å². The SMILES string of the molecule is C#C[C@@H](NC(=O)[C@@H]1CC(C2CCCCC2)CN1C(=O)C[C@H](N)c1ccccc1OC)C(C)O. The Morgan fingerprint density at radius 3 is 2.61 bits per heavy atom. The Hall–Kier alpha value is -2.56. The third-order valence-corrected chi connectivity index (χ3v) is 7.17. The number of methoxy groups -OCH3 is 1. The van der Waals surface area contributed by atoms with E-state index in [1.54, 1.807) is 18.9 Å². The van der Waals surface area contributed by atoms with Crippen LogP contribution >= 0.6 is 0 Å². The highest BCUT2D eigenvalue weighted by atomic mass is 16.5. The predicted molar refractivity (Wildman–Crippen MR) is 127 cm³/mol. The van der Waals surface area contributed by atoms with Crippen LogP contribution in [0.3, 0.4) is 0 Å². The van der Waals surface area contributed by atoms with Gasteiger partial charge in [0, 0.05) is 24.6 Å². The monoisotopic (exact) mass is 455 g/mol. The second kappa shape index (κ2) is 11.5. The van der Waals surface area contributed by atoms with Gasteiger partial charge in [-0.15, -0.1) is 6.42 Å². The van der Waals surface area contributed by atoms with E-state index in [1.807, 2.05) is 24.3 Å². The number of aliphatic hydroxyl groups excluding tert-OH is 1. The molecule has 1 aromatic rings. The van der Waals surface area contributed by atoms with Crippen LogP contribution in [0.15, 0.2) is 24.3 Å². The number of amides is 2. The third kappa shape index (κ3) is 6.07. The second-order valence-corrected chi connectivity index (χ2v) is 9.40. The van der Waals surface area contributed by atoms with Crippen molar-refractivity contribution in [1.29, 1.82) is 0 Å². The van der Waals surface area contributed by atoms with Crippen LogP contribution in [0.5, 0.6) is 5.75 Å². The summed E-state index contributed by atoms with van der Waals surface area (Å²) in [6, 6.07) is 5.46. The number of carbonyl (C=O) groups is 2. The van der Waals surface area contributed by atoms with Crippen LogP contribution < -0.4 is 15.8 Å². The van der Waals surface area contributed by atoms with E-state index >= 15 is 0 Å². The number of nitrogens with one attached hydrogen (secondary N) is 1. The number of likely N-dealkylation sites (tertiary alicyclic amines) is 1. The van der Waals surface area contributed by atoms with Crippen LogP contribution in [0.2, 0.25) is 0 Å². The lowest BCUT2D eigenvalue weighted by Gasteiger charge is -2.28. The second-order valence-electron chi connectivity index (χ2n) is 9.40. The molecule has 180 valence electrons. The van der Waals surface area contributed by atoms with E-state index in [4.69, 9.17) is 16.9 Å². The normalized spacial score (nSPS) is 23.9. The van der Waals surface area contributed by atoms with Gasteiger partial charge in [0.25, 0.3) is 0 Å². The maximum Gasteiger partial charge on any atom is 0.243 e. The molecule has 0 spiro atoms. The Bertz CT molecular complexity index is 859. The molecule has 2 amide bonds. The molecular weight excluding hydrogens is 418 g/mol. The van der Waals surface area contributed by atoms with Crippen LogP contribution in [-0.2, 0) is 9.59 Å². The van der Waals surface area contributed by atoms with Gasteiger partial charge in [-0.25, -0.2) is 0 Å². The number of carbonyl (C=O) groups excluding carboxylic acids is 2. The molecule has 0 radical (unpaired) electrons. The van der Waals surface area contributed by atoms with Gasteiger partial charge in [0.05, 0.1) is 13.2 Å². The molecule has 1 aliphatic carbocycles. The van der Waals surface area contributed by atoms with Gasteiger partial charge in [0.2, 0.25) is 11.8 Å². The van der Waals surface area contributed by atoms with E-state index in [1.165, 1.54) is 19.3 Å². The van der Waals surface area contributed by atoms with Crippen molar-refractivity contribution in [3.63, 3.8) is 0 Å². The molecule has 2 fully saturated rings. The molecule has 0 bridgehead atoms. The van der Waals surface area contributed by atoms with Gasteiger partial charge in [-0.05, 0) is 31.2 Å². The van der Waals surface area contributed by atoms with Gasteiger partial charge in [-0.3, -0.25) is 9.59 Å². The van der Waals surface area contributed by atoms with Gasteiger partial charge < -0.3 is 25.8 Å². The molecule has 2 aliphatic rings. The minimum atomic E-state index is -0.877. The van der Waals surface area contributed by atoms with Gasteiger partial charge in [-0.2, -0.15) is 0 Å². The highest BCUT2D eigenvalue weighted by Crippen LogP contribution is 2.38. The molecule has 2 unspecified atom stereocenters. The molecule has 1 heterocycles. The van der Waals surface area contributed by atoms with Gasteiger partial charge in [0.1, 0.15) is 17.8 Å². The predicted octanol–water partition coefficient (Wildman–Crippen LogP) is 2.38. The molecule has 1 saturated heterocycles. The summed E-state index contributed by atoms with van der Waals surface area (Å²) in [7, 11) is 1.58. The Morgan fingerprint density at radius 1 is 1.27 bits per heavy atom. The summed E-state index contributed by atoms with van der Waals surface area (Å²) in [5.41, 5.74) is 7.16. The minimum absolute atomic E-state index is 0.0799. The van der Waals surface area contributed by atoms with E-state index in [9.17, 15) is 14.7 Å². The molecule has 7 heteroatoms. The Balaban J connectivity index is 1.76. The number of benzene rings is 1. The van der Waals surface area contributed by atoms with E-state index < -0.39 is 24.2 Å². The van der Waals surface area contributed by atoms with Crippen molar-refractivity contribution in [2.75, 3.05) is 13.7 Å². The highest BCUT2D eigenvalue weighted by Gasteiger charge is 2.43. The molecule has 3 rings (SSSR count).